The number of benzene rings is 2. The number of ketones is 2. The third-order valence-electron chi connectivity index (χ3n) is 11.2. The third-order valence-corrected chi connectivity index (χ3v) is 11.2. The summed E-state index contributed by atoms with van der Waals surface area (Å²) in [5.41, 5.74) is 4.28. The van der Waals surface area contributed by atoms with Crippen molar-refractivity contribution >= 4 is 46.3 Å². The van der Waals surface area contributed by atoms with Gasteiger partial charge in [0.2, 0.25) is 11.8 Å². The van der Waals surface area contributed by atoms with Crippen LogP contribution in [0.5, 0.6) is 0 Å². The van der Waals surface area contributed by atoms with E-state index in [0.29, 0.717) is 74.4 Å². The van der Waals surface area contributed by atoms with E-state index in [0.717, 1.165) is 22.3 Å². The maximum Gasteiger partial charge on any atom is 0.252 e. The molecule has 64 heavy (non-hydrogen) atoms. The predicted molar refractivity (Wildman–Crippen MR) is 239 cm³/mol. The second kappa shape index (κ2) is 24.6. The lowest BCUT2D eigenvalue weighted by Gasteiger charge is -2.33. The number of ether oxygens (including phenoxy) is 4. The number of aliphatic hydroxyl groups is 2. The number of carbonyl (C=O) groups excluding carboxylic acids is 6. The minimum absolute atomic E-state index is 0.0571. The minimum Gasteiger partial charge on any atom is -0.490 e. The fourth-order valence-electron chi connectivity index (χ4n) is 7.66. The number of amides is 4. The van der Waals surface area contributed by atoms with Gasteiger partial charge >= 0.3 is 0 Å². The highest BCUT2D eigenvalue weighted by Gasteiger charge is 2.43. The first-order chi connectivity index (χ1) is 30.6. The fourth-order valence-corrected chi connectivity index (χ4v) is 7.66. The van der Waals surface area contributed by atoms with Gasteiger partial charge in [-0.25, -0.2) is 0 Å². The molecule has 6 N–H and O–H groups in total. The molecule has 0 spiro atoms. The van der Waals surface area contributed by atoms with Crippen molar-refractivity contribution in [1.82, 2.24) is 21.3 Å². The SMILES string of the molecule is CCOC1=C(c2ccc(COC(C(=O)NC(C(=O)NC)C(C)C)C(O)C(O)C(OCc3ccc(C4=C(OCC)C(=O)CCC4)cc3)C(=O)NC(C(=O)NC)C(C)C)cc2)CCCC1=O. The number of carbonyl (C=O) groups is 6. The van der Waals surface area contributed by atoms with E-state index in [4.69, 9.17) is 18.9 Å². The molecule has 6 atom stereocenters. The Balaban J connectivity index is 1.66. The van der Waals surface area contributed by atoms with Crippen LogP contribution in [0.25, 0.3) is 11.1 Å². The molecule has 0 fully saturated rings. The monoisotopic (exact) mass is 890 g/mol. The number of aliphatic hydroxyl groups excluding tert-OH is 2. The molecule has 4 rings (SSSR count). The summed E-state index contributed by atoms with van der Waals surface area (Å²) in [6, 6.07) is 12.0. The van der Waals surface area contributed by atoms with Crippen LogP contribution in [0.2, 0.25) is 0 Å². The summed E-state index contributed by atoms with van der Waals surface area (Å²) in [7, 11) is 2.83. The molecule has 0 bridgehead atoms. The average Bonchev–Trinajstić information content (AvgIpc) is 3.28. The number of allylic oxidation sites excluding steroid dienone is 4. The van der Waals surface area contributed by atoms with Gasteiger partial charge in [-0.05, 0) is 73.6 Å². The van der Waals surface area contributed by atoms with Gasteiger partial charge < -0.3 is 50.4 Å². The van der Waals surface area contributed by atoms with Crippen LogP contribution in [-0.2, 0) is 60.9 Å². The number of nitrogens with one attached hydrogen (secondary N) is 4. The Morgan fingerprint density at radius 2 is 0.906 bits per heavy atom. The second-order valence-corrected chi connectivity index (χ2v) is 16.6. The normalized spacial score (nSPS) is 17.3. The van der Waals surface area contributed by atoms with Gasteiger partial charge in [0.05, 0.1) is 26.4 Å². The van der Waals surface area contributed by atoms with E-state index < -0.39 is 72.0 Å². The molecule has 4 amide bonds. The first-order valence-electron chi connectivity index (χ1n) is 22.2. The zero-order valence-corrected chi connectivity index (χ0v) is 38.3. The first kappa shape index (κ1) is 51.2. The third kappa shape index (κ3) is 13.3. The summed E-state index contributed by atoms with van der Waals surface area (Å²) in [6.45, 7) is 10.7. The minimum atomic E-state index is -2.12. The Bertz CT molecular complexity index is 1870. The highest BCUT2D eigenvalue weighted by molar-refractivity contribution is 6.03. The van der Waals surface area contributed by atoms with Gasteiger partial charge in [0.15, 0.2) is 35.3 Å². The van der Waals surface area contributed by atoms with Crippen molar-refractivity contribution in [2.75, 3.05) is 27.3 Å². The molecule has 0 radical (unpaired) electrons. The highest BCUT2D eigenvalue weighted by atomic mass is 16.5. The topological polar surface area (TPSA) is 228 Å². The van der Waals surface area contributed by atoms with Gasteiger partial charge in [-0.1, -0.05) is 76.2 Å². The standard InChI is InChI=1S/C48H66N4O12/c1-9-61-41-33(13-11-15-35(41)53)31-21-17-29(18-22-31)25-63-43(47(59)51-37(27(3)4)45(57)49-7)39(55)40(56)44(48(60)52-38(28(5)6)46(58)50-8)64-26-30-19-23-32(24-20-30)34-14-12-16-36(54)42(34)62-10-2/h17-24,27-28,37-40,43-44,55-56H,9-16,25-26H2,1-8H3,(H,49,57)(H,50,58)(H,51,59)(H,52,60). The van der Waals surface area contributed by atoms with Crippen LogP contribution >= 0.6 is 0 Å². The smallest absolute Gasteiger partial charge is 0.252 e. The van der Waals surface area contributed by atoms with Crippen LogP contribution < -0.4 is 21.3 Å². The van der Waals surface area contributed by atoms with Crippen molar-refractivity contribution in [1.29, 1.82) is 0 Å². The predicted octanol–water partition coefficient (Wildman–Crippen LogP) is 3.65. The molecule has 2 aromatic carbocycles. The molecular formula is C48H66N4O12. The zero-order valence-electron chi connectivity index (χ0n) is 38.3. The maximum absolute atomic E-state index is 14.1. The van der Waals surface area contributed by atoms with Gasteiger partial charge in [-0.2, -0.15) is 0 Å². The van der Waals surface area contributed by atoms with Crippen LogP contribution in [0, 0.1) is 11.8 Å². The zero-order chi connectivity index (χ0) is 47.1. The second-order valence-electron chi connectivity index (χ2n) is 16.6. The Morgan fingerprint density at radius 3 is 1.20 bits per heavy atom. The fraction of sp³-hybridized carbons (Fsp3) is 0.542. The Kier molecular flexibility index (Phi) is 19.7. The number of hydrogen-bond acceptors (Lipinski definition) is 12. The van der Waals surface area contributed by atoms with Gasteiger partial charge in [0.25, 0.3) is 11.8 Å². The Hall–Kier alpha value is -5.42. The molecule has 350 valence electrons. The highest BCUT2D eigenvalue weighted by Crippen LogP contribution is 2.33. The molecule has 2 aromatic rings. The van der Waals surface area contributed by atoms with Gasteiger partial charge in [0, 0.05) is 38.1 Å². The first-order valence-corrected chi connectivity index (χ1v) is 22.2. The molecule has 2 aliphatic rings. The molecule has 16 heteroatoms. The van der Waals surface area contributed by atoms with Gasteiger partial charge in [-0.3, -0.25) is 28.8 Å². The quantitative estimate of drug-likeness (QED) is 0.0941. The Labute approximate surface area is 375 Å². The van der Waals surface area contributed by atoms with Crippen LogP contribution in [0.15, 0.2) is 60.0 Å². The van der Waals surface area contributed by atoms with Crippen molar-refractivity contribution in [3.05, 3.63) is 82.3 Å². The van der Waals surface area contributed by atoms with E-state index in [1.54, 1.807) is 76.2 Å². The molecule has 0 aliphatic heterocycles. The maximum atomic E-state index is 14.1. The van der Waals surface area contributed by atoms with Crippen molar-refractivity contribution in [2.45, 2.75) is 130 Å². The average molecular weight is 891 g/mol. The summed E-state index contributed by atoms with van der Waals surface area (Å²) >= 11 is 0. The molecule has 2 aliphatic carbocycles. The van der Waals surface area contributed by atoms with Gasteiger partial charge in [-0.15, -0.1) is 0 Å². The lowest BCUT2D eigenvalue weighted by atomic mass is 9.91. The molecule has 0 aromatic heterocycles. The van der Waals surface area contributed by atoms with Gasteiger partial charge in [0.1, 0.15) is 24.3 Å². The van der Waals surface area contributed by atoms with E-state index in [9.17, 15) is 39.0 Å². The van der Waals surface area contributed by atoms with E-state index in [2.05, 4.69) is 21.3 Å². The summed E-state index contributed by atoms with van der Waals surface area (Å²) in [6.07, 6.45) is -4.43. The summed E-state index contributed by atoms with van der Waals surface area (Å²) in [5, 5.41) is 34.1. The number of Topliss-reactive ketones (excluding diaryl/α,β-unsaturated/α-hetero) is 2. The lowest BCUT2D eigenvalue weighted by Crippen LogP contribution is -2.60. The molecule has 6 unspecified atom stereocenters. The summed E-state index contributed by atoms with van der Waals surface area (Å²) < 4.78 is 23.5. The Morgan fingerprint density at radius 1 is 0.562 bits per heavy atom. The van der Waals surface area contributed by atoms with E-state index in [1.807, 2.05) is 13.8 Å². The van der Waals surface area contributed by atoms with Crippen LogP contribution in [-0.4, -0.2) is 109 Å². The van der Waals surface area contributed by atoms with E-state index in [-0.39, 0.29) is 24.8 Å². The van der Waals surface area contributed by atoms with Crippen molar-refractivity contribution < 1.29 is 57.9 Å². The van der Waals surface area contributed by atoms with Crippen LogP contribution in [0.3, 0.4) is 0 Å². The lowest BCUT2D eigenvalue weighted by molar-refractivity contribution is -0.171. The van der Waals surface area contributed by atoms with Crippen molar-refractivity contribution in [2.24, 2.45) is 11.8 Å². The van der Waals surface area contributed by atoms with Crippen LogP contribution in [0.1, 0.15) is 102 Å². The number of likely N-dealkylation sites (N-methyl/N-ethyl adjacent to an activating group) is 2. The summed E-state index contributed by atoms with van der Waals surface area (Å²) in [4.78, 5) is 79.1. The van der Waals surface area contributed by atoms with Crippen molar-refractivity contribution in [3.8, 4) is 0 Å². The number of hydrogen-bond donors (Lipinski definition) is 6. The summed E-state index contributed by atoms with van der Waals surface area (Å²) in [5.74, 6) is -3.11. The van der Waals surface area contributed by atoms with E-state index >= 15 is 0 Å². The molecular weight excluding hydrogens is 825 g/mol. The molecule has 0 saturated carbocycles. The number of rotatable bonds is 23. The molecule has 0 saturated heterocycles. The van der Waals surface area contributed by atoms with Crippen molar-refractivity contribution in [3.63, 3.8) is 0 Å². The van der Waals surface area contributed by atoms with Crippen LogP contribution in [0.4, 0.5) is 0 Å². The molecule has 16 nitrogen and oxygen atoms in total. The largest absolute Gasteiger partial charge is 0.490 e. The van der Waals surface area contributed by atoms with E-state index in [1.165, 1.54) is 14.1 Å². The molecule has 0 heterocycles.